The molecule has 3 rings (SSSR count). The fourth-order valence-electron chi connectivity index (χ4n) is 2.73. The molecule has 26 heavy (non-hydrogen) atoms. The zero-order chi connectivity index (χ0) is 18.5. The SMILES string of the molecule is CC(N)c1ccc(-c2cccc(C#N)c2)cc1C(=O)Nc1ccncc1. The molecule has 5 heteroatoms. The van der Waals surface area contributed by atoms with Crippen LogP contribution in [0, 0.1) is 11.3 Å². The van der Waals surface area contributed by atoms with Gasteiger partial charge in [0.1, 0.15) is 0 Å². The van der Waals surface area contributed by atoms with Crippen molar-refractivity contribution in [1.29, 1.82) is 5.26 Å². The van der Waals surface area contributed by atoms with Crippen LogP contribution >= 0.6 is 0 Å². The van der Waals surface area contributed by atoms with Crippen LogP contribution in [0.5, 0.6) is 0 Å². The van der Waals surface area contributed by atoms with Gasteiger partial charge in [0.2, 0.25) is 0 Å². The highest BCUT2D eigenvalue weighted by Gasteiger charge is 2.16. The monoisotopic (exact) mass is 342 g/mol. The van der Waals surface area contributed by atoms with E-state index >= 15 is 0 Å². The predicted octanol–water partition coefficient (Wildman–Crippen LogP) is 3.89. The molecule has 0 fully saturated rings. The summed E-state index contributed by atoms with van der Waals surface area (Å²) in [7, 11) is 0. The van der Waals surface area contributed by atoms with Gasteiger partial charge in [0.15, 0.2) is 0 Å². The molecule has 1 aromatic heterocycles. The third-order valence-corrected chi connectivity index (χ3v) is 4.05. The summed E-state index contributed by atoms with van der Waals surface area (Å²) in [5, 5.41) is 12.0. The molecule has 0 spiro atoms. The summed E-state index contributed by atoms with van der Waals surface area (Å²) in [5.41, 5.74) is 10.3. The maximum Gasteiger partial charge on any atom is 0.256 e. The van der Waals surface area contributed by atoms with Crippen LogP contribution in [0.4, 0.5) is 5.69 Å². The van der Waals surface area contributed by atoms with Crippen molar-refractivity contribution < 1.29 is 4.79 Å². The highest BCUT2D eigenvalue weighted by Crippen LogP contribution is 2.26. The van der Waals surface area contributed by atoms with Gasteiger partial charge in [-0.3, -0.25) is 9.78 Å². The van der Waals surface area contributed by atoms with Crippen LogP contribution in [0.2, 0.25) is 0 Å². The third kappa shape index (κ3) is 3.77. The van der Waals surface area contributed by atoms with E-state index in [0.717, 1.165) is 16.7 Å². The highest BCUT2D eigenvalue weighted by atomic mass is 16.1. The van der Waals surface area contributed by atoms with Crippen LogP contribution < -0.4 is 11.1 Å². The molecule has 0 saturated carbocycles. The lowest BCUT2D eigenvalue weighted by Gasteiger charge is -2.15. The molecule has 1 unspecified atom stereocenters. The molecule has 1 amide bonds. The van der Waals surface area contributed by atoms with Crippen molar-refractivity contribution in [3.63, 3.8) is 0 Å². The molecule has 1 atom stereocenters. The molecule has 0 aliphatic rings. The number of amides is 1. The quantitative estimate of drug-likeness (QED) is 0.752. The Bertz CT molecular complexity index is 975. The number of anilines is 1. The second-order valence-corrected chi connectivity index (χ2v) is 5.97. The Kier molecular flexibility index (Phi) is 5.07. The minimum atomic E-state index is -0.285. The van der Waals surface area contributed by atoms with E-state index in [9.17, 15) is 4.79 Å². The Morgan fingerprint density at radius 2 is 1.85 bits per heavy atom. The summed E-state index contributed by atoms with van der Waals surface area (Å²) >= 11 is 0. The van der Waals surface area contributed by atoms with Crippen LogP contribution in [-0.2, 0) is 0 Å². The first-order valence-corrected chi connectivity index (χ1v) is 8.20. The molecule has 3 N–H and O–H groups in total. The van der Waals surface area contributed by atoms with Crippen molar-refractivity contribution in [2.24, 2.45) is 5.73 Å². The molecule has 3 aromatic rings. The van der Waals surface area contributed by atoms with Gasteiger partial charge in [-0.15, -0.1) is 0 Å². The van der Waals surface area contributed by atoms with Gasteiger partial charge in [0.05, 0.1) is 11.6 Å². The van der Waals surface area contributed by atoms with Gasteiger partial charge in [-0.1, -0.05) is 24.3 Å². The number of benzene rings is 2. The third-order valence-electron chi connectivity index (χ3n) is 4.05. The molecule has 5 nitrogen and oxygen atoms in total. The normalized spacial score (nSPS) is 11.4. The topological polar surface area (TPSA) is 91.8 Å². The number of aromatic nitrogens is 1. The first kappa shape index (κ1) is 17.3. The van der Waals surface area contributed by atoms with E-state index in [-0.39, 0.29) is 11.9 Å². The van der Waals surface area contributed by atoms with Crippen molar-refractivity contribution in [2.45, 2.75) is 13.0 Å². The summed E-state index contributed by atoms with van der Waals surface area (Å²) in [6.07, 6.45) is 3.23. The van der Waals surface area contributed by atoms with E-state index in [0.29, 0.717) is 16.8 Å². The van der Waals surface area contributed by atoms with Gasteiger partial charge in [0.25, 0.3) is 5.91 Å². The Morgan fingerprint density at radius 3 is 2.54 bits per heavy atom. The van der Waals surface area contributed by atoms with Crippen LogP contribution in [0.3, 0.4) is 0 Å². The molecule has 0 radical (unpaired) electrons. The van der Waals surface area contributed by atoms with Crippen molar-refractivity contribution in [3.8, 4) is 17.2 Å². The van der Waals surface area contributed by atoms with Gasteiger partial charge in [-0.05, 0) is 53.9 Å². The lowest BCUT2D eigenvalue weighted by Crippen LogP contribution is -2.18. The van der Waals surface area contributed by atoms with Crippen molar-refractivity contribution >= 4 is 11.6 Å². The average molecular weight is 342 g/mol. The molecule has 0 aliphatic carbocycles. The van der Waals surface area contributed by atoms with E-state index in [2.05, 4.69) is 16.4 Å². The van der Waals surface area contributed by atoms with Gasteiger partial charge >= 0.3 is 0 Å². The van der Waals surface area contributed by atoms with E-state index in [1.807, 2.05) is 37.3 Å². The number of rotatable bonds is 4. The maximum absolute atomic E-state index is 12.8. The number of nitrogens with one attached hydrogen (secondary N) is 1. The first-order valence-electron chi connectivity index (χ1n) is 8.20. The van der Waals surface area contributed by atoms with Gasteiger partial charge < -0.3 is 11.1 Å². The zero-order valence-electron chi connectivity index (χ0n) is 14.3. The van der Waals surface area contributed by atoms with Crippen LogP contribution in [0.1, 0.15) is 34.5 Å². The van der Waals surface area contributed by atoms with Crippen molar-refractivity contribution in [2.75, 3.05) is 5.32 Å². The molecule has 1 heterocycles. The predicted molar refractivity (Wildman–Crippen MR) is 101 cm³/mol. The first-order chi connectivity index (χ1) is 12.6. The lowest BCUT2D eigenvalue weighted by atomic mass is 9.95. The molecule has 0 bridgehead atoms. The molecule has 2 aromatic carbocycles. The number of hydrogen-bond acceptors (Lipinski definition) is 4. The van der Waals surface area contributed by atoms with Gasteiger partial charge in [0, 0.05) is 29.7 Å². The molecule has 128 valence electrons. The molecular formula is C21H18N4O. The largest absolute Gasteiger partial charge is 0.324 e. The number of nitrogens with two attached hydrogens (primary N) is 1. The number of carbonyl (C=O) groups is 1. The fourth-order valence-corrected chi connectivity index (χ4v) is 2.73. The number of hydrogen-bond donors (Lipinski definition) is 2. The number of nitrogens with zero attached hydrogens (tertiary/aromatic N) is 2. The highest BCUT2D eigenvalue weighted by molar-refractivity contribution is 6.06. The van der Waals surface area contributed by atoms with Crippen molar-refractivity contribution in [3.05, 3.63) is 83.7 Å². The second kappa shape index (κ2) is 7.60. The zero-order valence-corrected chi connectivity index (χ0v) is 14.3. The van der Waals surface area contributed by atoms with E-state index < -0.39 is 0 Å². The average Bonchev–Trinajstić information content (AvgIpc) is 2.68. The lowest BCUT2D eigenvalue weighted by molar-refractivity contribution is 0.102. The standard InChI is InChI=1S/C21H18N4O/c1-14(23)19-6-5-17(16-4-2-3-15(11-16)13-22)12-20(19)21(26)25-18-7-9-24-10-8-18/h2-12,14H,23H2,1H3,(H,24,25,26). The summed E-state index contributed by atoms with van der Waals surface area (Å²) in [6.45, 7) is 1.84. The maximum atomic E-state index is 12.8. The summed E-state index contributed by atoms with van der Waals surface area (Å²) in [6, 6.07) is 18.2. The number of carbonyl (C=O) groups excluding carboxylic acids is 1. The van der Waals surface area contributed by atoms with E-state index in [1.165, 1.54) is 0 Å². The summed E-state index contributed by atoms with van der Waals surface area (Å²) in [4.78, 5) is 16.8. The Morgan fingerprint density at radius 1 is 1.12 bits per heavy atom. The second-order valence-electron chi connectivity index (χ2n) is 5.97. The van der Waals surface area contributed by atoms with Crippen molar-refractivity contribution in [1.82, 2.24) is 4.98 Å². The fraction of sp³-hybridized carbons (Fsp3) is 0.0952. The molecule has 0 saturated heterocycles. The Labute approximate surface area is 152 Å². The number of pyridine rings is 1. The van der Waals surface area contributed by atoms with E-state index in [1.54, 1.807) is 36.7 Å². The Hall–Kier alpha value is -3.49. The van der Waals surface area contributed by atoms with Gasteiger partial charge in [-0.2, -0.15) is 5.26 Å². The molecular weight excluding hydrogens is 324 g/mol. The summed E-state index contributed by atoms with van der Waals surface area (Å²) < 4.78 is 0. The van der Waals surface area contributed by atoms with Crippen LogP contribution in [0.25, 0.3) is 11.1 Å². The Balaban J connectivity index is 2.01. The molecule has 0 aliphatic heterocycles. The summed E-state index contributed by atoms with van der Waals surface area (Å²) in [5.74, 6) is -0.234. The smallest absolute Gasteiger partial charge is 0.256 e. The van der Waals surface area contributed by atoms with E-state index in [4.69, 9.17) is 11.0 Å². The van der Waals surface area contributed by atoms with Crippen LogP contribution in [-0.4, -0.2) is 10.9 Å². The van der Waals surface area contributed by atoms with Crippen LogP contribution in [0.15, 0.2) is 67.0 Å². The number of nitriles is 1. The van der Waals surface area contributed by atoms with Gasteiger partial charge in [-0.25, -0.2) is 0 Å². The minimum Gasteiger partial charge on any atom is -0.324 e. The minimum absolute atomic E-state index is 0.234.